The highest BCUT2D eigenvalue weighted by molar-refractivity contribution is 6.30. The number of halogens is 3. The lowest BCUT2D eigenvalue weighted by molar-refractivity contribution is 0.209. The van der Waals surface area contributed by atoms with Gasteiger partial charge in [0.1, 0.15) is 17.7 Å². The fourth-order valence-electron chi connectivity index (χ4n) is 1.77. The highest BCUT2D eigenvalue weighted by Crippen LogP contribution is 2.29. The summed E-state index contributed by atoms with van der Waals surface area (Å²) in [7, 11) is 0. The third-order valence-corrected chi connectivity index (χ3v) is 2.99. The van der Waals surface area contributed by atoms with Crippen molar-refractivity contribution in [1.82, 2.24) is 0 Å². The Balaban J connectivity index is 2.52. The molecule has 1 nitrogen and oxygen atoms in total. The summed E-state index contributed by atoms with van der Waals surface area (Å²) in [5.74, 6) is -1.51. The van der Waals surface area contributed by atoms with Gasteiger partial charge in [-0.15, -0.1) is 0 Å². The second kappa shape index (κ2) is 5.04. The average Bonchev–Trinajstić information content (AvgIpc) is 2.34. The summed E-state index contributed by atoms with van der Waals surface area (Å²) in [5.41, 5.74) is 0.288. The van der Waals surface area contributed by atoms with E-state index in [1.807, 2.05) is 0 Å². The normalized spacial score (nSPS) is 12.5. The maximum Gasteiger partial charge on any atom is 0.135 e. The van der Waals surface area contributed by atoms with Gasteiger partial charge in [-0.05, 0) is 36.2 Å². The van der Waals surface area contributed by atoms with Gasteiger partial charge in [-0.25, -0.2) is 8.78 Å². The van der Waals surface area contributed by atoms with Gasteiger partial charge in [-0.2, -0.15) is 0 Å². The Labute approximate surface area is 109 Å². The van der Waals surface area contributed by atoms with Gasteiger partial charge >= 0.3 is 0 Å². The van der Waals surface area contributed by atoms with E-state index in [4.69, 9.17) is 11.6 Å². The summed E-state index contributed by atoms with van der Waals surface area (Å²) in [6.45, 7) is 1.52. The summed E-state index contributed by atoms with van der Waals surface area (Å²) in [6, 6.07) is 8.76. The van der Waals surface area contributed by atoms with Crippen molar-refractivity contribution in [2.75, 3.05) is 0 Å². The van der Waals surface area contributed by atoms with E-state index in [0.29, 0.717) is 10.6 Å². The molecule has 0 fully saturated rings. The number of hydrogen-bond donors (Lipinski definition) is 1. The molecule has 1 N–H and O–H groups in total. The minimum atomic E-state index is -1.37. The largest absolute Gasteiger partial charge is 0.383 e. The van der Waals surface area contributed by atoms with Crippen LogP contribution in [0.2, 0.25) is 5.02 Å². The second-order valence-electron chi connectivity index (χ2n) is 4.05. The van der Waals surface area contributed by atoms with E-state index in [0.717, 1.165) is 6.07 Å². The molecule has 0 heterocycles. The van der Waals surface area contributed by atoms with Crippen LogP contribution in [0.15, 0.2) is 36.4 Å². The van der Waals surface area contributed by atoms with Gasteiger partial charge in [0, 0.05) is 5.02 Å². The minimum Gasteiger partial charge on any atom is -0.383 e. The number of hydrogen-bond acceptors (Lipinski definition) is 1. The fraction of sp³-hybridized carbons (Fsp3) is 0.143. The van der Waals surface area contributed by atoms with Crippen LogP contribution < -0.4 is 0 Å². The first kappa shape index (κ1) is 13.0. The van der Waals surface area contributed by atoms with Crippen molar-refractivity contribution in [2.45, 2.75) is 13.0 Å². The van der Waals surface area contributed by atoms with Crippen LogP contribution in [0.5, 0.6) is 0 Å². The lowest BCUT2D eigenvalue weighted by atomic mass is 9.98. The zero-order valence-electron chi connectivity index (χ0n) is 9.62. The molecule has 0 spiro atoms. The molecule has 0 aliphatic carbocycles. The molecule has 0 aromatic heterocycles. The van der Waals surface area contributed by atoms with Gasteiger partial charge in [0.05, 0.1) is 5.56 Å². The third kappa shape index (κ3) is 2.37. The molecular weight excluding hydrogens is 258 g/mol. The van der Waals surface area contributed by atoms with Gasteiger partial charge in [-0.3, -0.25) is 0 Å². The van der Waals surface area contributed by atoms with Gasteiger partial charge in [0.2, 0.25) is 0 Å². The molecule has 2 rings (SSSR count). The monoisotopic (exact) mass is 268 g/mol. The van der Waals surface area contributed by atoms with Gasteiger partial charge in [0.15, 0.2) is 0 Å². The molecule has 18 heavy (non-hydrogen) atoms. The Morgan fingerprint density at radius 1 is 1.17 bits per heavy atom. The van der Waals surface area contributed by atoms with Gasteiger partial charge < -0.3 is 5.11 Å². The van der Waals surface area contributed by atoms with Crippen molar-refractivity contribution in [2.24, 2.45) is 0 Å². The highest BCUT2D eigenvalue weighted by atomic mass is 35.5. The molecule has 1 atom stereocenters. The Morgan fingerprint density at radius 2 is 1.89 bits per heavy atom. The first-order valence-electron chi connectivity index (χ1n) is 5.38. The molecule has 0 saturated heterocycles. The standard InChI is InChI=1S/C14H11ClF2O/c1-8-5-6-11(16)12(13(8)17)14(18)9-3-2-4-10(15)7-9/h2-7,14,18H,1H3. The zero-order valence-corrected chi connectivity index (χ0v) is 10.4. The van der Waals surface area contributed by atoms with E-state index in [1.54, 1.807) is 18.2 Å². The van der Waals surface area contributed by atoms with E-state index in [1.165, 1.54) is 19.1 Å². The second-order valence-corrected chi connectivity index (χ2v) is 4.49. The lowest BCUT2D eigenvalue weighted by Gasteiger charge is -2.14. The molecule has 0 amide bonds. The predicted octanol–water partition coefficient (Wildman–Crippen LogP) is 4.01. The number of aryl methyl sites for hydroxylation is 1. The molecule has 2 aromatic rings. The quantitative estimate of drug-likeness (QED) is 0.873. The molecule has 0 radical (unpaired) electrons. The summed E-state index contributed by atoms with van der Waals surface area (Å²) >= 11 is 5.79. The summed E-state index contributed by atoms with van der Waals surface area (Å²) in [5, 5.41) is 10.5. The molecule has 4 heteroatoms. The first-order valence-corrected chi connectivity index (χ1v) is 5.76. The van der Waals surface area contributed by atoms with E-state index in [-0.39, 0.29) is 11.1 Å². The SMILES string of the molecule is Cc1ccc(F)c(C(O)c2cccc(Cl)c2)c1F. The summed E-state index contributed by atoms with van der Waals surface area (Å²) in [4.78, 5) is 0. The molecule has 0 bridgehead atoms. The fourth-order valence-corrected chi connectivity index (χ4v) is 1.97. The van der Waals surface area contributed by atoms with Gasteiger partial charge in [-0.1, -0.05) is 29.8 Å². The van der Waals surface area contributed by atoms with Crippen molar-refractivity contribution < 1.29 is 13.9 Å². The number of rotatable bonds is 2. The summed E-state index contributed by atoms with van der Waals surface area (Å²) < 4.78 is 27.5. The van der Waals surface area contributed by atoms with Crippen molar-refractivity contribution in [3.05, 3.63) is 69.7 Å². The van der Waals surface area contributed by atoms with E-state index in [2.05, 4.69) is 0 Å². The molecule has 2 aromatic carbocycles. The molecule has 0 aliphatic heterocycles. The van der Waals surface area contributed by atoms with Gasteiger partial charge in [0.25, 0.3) is 0 Å². The molecule has 1 unspecified atom stereocenters. The van der Waals surface area contributed by atoms with E-state index in [9.17, 15) is 13.9 Å². The van der Waals surface area contributed by atoms with Crippen LogP contribution in [0.1, 0.15) is 22.8 Å². The highest BCUT2D eigenvalue weighted by Gasteiger charge is 2.21. The van der Waals surface area contributed by atoms with Crippen molar-refractivity contribution in [3.8, 4) is 0 Å². The lowest BCUT2D eigenvalue weighted by Crippen LogP contribution is -2.07. The Kier molecular flexibility index (Phi) is 3.64. The van der Waals surface area contributed by atoms with Crippen LogP contribution in [0, 0.1) is 18.6 Å². The molecular formula is C14H11ClF2O. The maximum absolute atomic E-state index is 13.9. The number of aliphatic hydroxyl groups excluding tert-OH is 1. The minimum absolute atomic E-state index is 0.285. The topological polar surface area (TPSA) is 20.2 Å². The maximum atomic E-state index is 13.9. The van der Waals surface area contributed by atoms with Crippen molar-refractivity contribution >= 4 is 11.6 Å². The average molecular weight is 269 g/mol. The Bertz CT molecular complexity index is 584. The molecule has 94 valence electrons. The van der Waals surface area contributed by atoms with Crippen LogP contribution in [-0.4, -0.2) is 5.11 Å². The number of aliphatic hydroxyl groups is 1. The van der Waals surface area contributed by atoms with Crippen molar-refractivity contribution in [1.29, 1.82) is 0 Å². The van der Waals surface area contributed by atoms with Crippen LogP contribution in [0.4, 0.5) is 8.78 Å². The van der Waals surface area contributed by atoms with Crippen LogP contribution in [-0.2, 0) is 0 Å². The Morgan fingerprint density at radius 3 is 2.56 bits per heavy atom. The third-order valence-electron chi connectivity index (χ3n) is 2.76. The van der Waals surface area contributed by atoms with E-state index >= 15 is 0 Å². The van der Waals surface area contributed by atoms with E-state index < -0.39 is 17.7 Å². The predicted molar refractivity (Wildman–Crippen MR) is 66.6 cm³/mol. The first-order chi connectivity index (χ1) is 8.50. The van der Waals surface area contributed by atoms with Crippen molar-refractivity contribution in [3.63, 3.8) is 0 Å². The van der Waals surface area contributed by atoms with Crippen LogP contribution >= 0.6 is 11.6 Å². The molecule has 0 aliphatic rings. The van der Waals surface area contributed by atoms with Crippen LogP contribution in [0.3, 0.4) is 0 Å². The smallest absolute Gasteiger partial charge is 0.135 e. The molecule has 0 saturated carbocycles. The Hall–Kier alpha value is -1.45. The number of benzene rings is 2. The zero-order chi connectivity index (χ0) is 13.3. The summed E-state index contributed by atoms with van der Waals surface area (Å²) in [6.07, 6.45) is -1.37. The van der Waals surface area contributed by atoms with Crippen LogP contribution in [0.25, 0.3) is 0 Å².